The third kappa shape index (κ3) is 6.48. The second kappa shape index (κ2) is 14.8. The lowest BCUT2D eigenvalue weighted by Crippen LogP contribution is -2.71. The molecule has 56 heavy (non-hydrogen) atoms. The minimum atomic E-state index is -1.69. The minimum absolute atomic E-state index is 0.0218. The molecule has 3 heterocycles. The molecule has 0 aromatic heterocycles. The fourth-order valence-electron chi connectivity index (χ4n) is 13.9. The van der Waals surface area contributed by atoms with Crippen LogP contribution >= 0.6 is 0 Å². The summed E-state index contributed by atoms with van der Waals surface area (Å²) in [4.78, 5) is 0. The molecular formula is C41H70O15. The molecule has 0 aromatic carbocycles. The first-order valence-corrected chi connectivity index (χ1v) is 21.0. The molecule has 0 radical (unpaired) electrons. The zero-order chi connectivity index (χ0) is 41.1. The van der Waals surface area contributed by atoms with Crippen LogP contribution < -0.4 is 0 Å². The first-order chi connectivity index (χ1) is 26.0. The molecule has 0 spiro atoms. The van der Waals surface area contributed by atoms with E-state index in [1.807, 2.05) is 13.8 Å². The fourth-order valence-corrected chi connectivity index (χ4v) is 13.9. The maximum Gasteiger partial charge on any atom is 0.187 e. The summed E-state index contributed by atoms with van der Waals surface area (Å²) in [7, 11) is 0. The molecule has 324 valence electrons. The fraction of sp³-hybridized carbons (Fsp3) is 1.00. The zero-order valence-corrected chi connectivity index (χ0v) is 34.1. The Kier molecular flexibility index (Phi) is 11.5. The Labute approximate surface area is 330 Å². The van der Waals surface area contributed by atoms with Crippen LogP contribution in [0, 0.1) is 45.3 Å². The van der Waals surface area contributed by atoms with Crippen molar-refractivity contribution in [1.82, 2.24) is 0 Å². The van der Waals surface area contributed by atoms with Gasteiger partial charge >= 0.3 is 0 Å². The summed E-state index contributed by atoms with van der Waals surface area (Å²) in [6.45, 7) is 13.2. The first-order valence-electron chi connectivity index (χ1n) is 21.0. The molecule has 15 nitrogen and oxygen atoms in total. The number of hydrogen-bond acceptors (Lipinski definition) is 15. The Bertz CT molecular complexity index is 1420. The summed E-state index contributed by atoms with van der Waals surface area (Å²) in [6.07, 6.45) is -10.8. The van der Waals surface area contributed by atoms with Gasteiger partial charge in [0.05, 0.1) is 49.8 Å². The largest absolute Gasteiger partial charge is 0.394 e. The predicted octanol–water partition coefficient (Wildman–Crippen LogP) is -0.0575. The lowest BCUT2D eigenvalue weighted by molar-refractivity contribution is -0.377. The minimum Gasteiger partial charge on any atom is -0.394 e. The third-order valence-corrected chi connectivity index (χ3v) is 17.2. The van der Waals surface area contributed by atoms with E-state index >= 15 is 0 Å². The molecular weight excluding hydrogens is 732 g/mol. The Morgan fingerprint density at radius 3 is 2.11 bits per heavy atom. The van der Waals surface area contributed by atoms with Crippen LogP contribution in [0.2, 0.25) is 0 Å². The zero-order valence-electron chi connectivity index (χ0n) is 34.1. The van der Waals surface area contributed by atoms with Crippen LogP contribution in [0.4, 0.5) is 0 Å². The van der Waals surface area contributed by atoms with Gasteiger partial charge in [-0.25, -0.2) is 0 Å². The van der Waals surface area contributed by atoms with Crippen molar-refractivity contribution >= 4 is 0 Å². The van der Waals surface area contributed by atoms with Gasteiger partial charge in [0.25, 0.3) is 0 Å². The van der Waals surface area contributed by atoms with Crippen molar-refractivity contribution in [2.24, 2.45) is 45.3 Å². The molecule has 4 unspecified atom stereocenters. The Morgan fingerprint density at radius 2 is 1.45 bits per heavy atom. The lowest BCUT2D eigenvalue weighted by atomic mass is 9.34. The molecule has 10 N–H and O–H groups in total. The van der Waals surface area contributed by atoms with Gasteiger partial charge < -0.3 is 74.7 Å². The van der Waals surface area contributed by atoms with Gasteiger partial charge in [-0.2, -0.15) is 0 Å². The van der Waals surface area contributed by atoms with Crippen LogP contribution in [0.15, 0.2) is 0 Å². The molecule has 0 amide bonds. The summed E-state index contributed by atoms with van der Waals surface area (Å²) in [5, 5.41) is 109. The van der Waals surface area contributed by atoms with E-state index in [9.17, 15) is 51.1 Å². The van der Waals surface area contributed by atoms with Crippen LogP contribution in [0.5, 0.6) is 0 Å². The predicted molar refractivity (Wildman–Crippen MR) is 197 cm³/mol. The van der Waals surface area contributed by atoms with Gasteiger partial charge in [0.2, 0.25) is 0 Å². The summed E-state index contributed by atoms with van der Waals surface area (Å²) in [5.41, 5.74) is -3.99. The lowest BCUT2D eigenvalue weighted by Gasteiger charge is -2.72. The van der Waals surface area contributed by atoms with Crippen molar-refractivity contribution in [3.63, 3.8) is 0 Å². The van der Waals surface area contributed by atoms with Crippen molar-refractivity contribution in [3.05, 3.63) is 0 Å². The summed E-state index contributed by atoms with van der Waals surface area (Å²) >= 11 is 0. The summed E-state index contributed by atoms with van der Waals surface area (Å²) in [5.74, 6) is -0.434. The molecule has 4 saturated carbocycles. The standard InChI is InChI=1S/C41H70O15/c1-36(2)25(46)9-11-37(3)24-14-20(44)27-19(41(7)13-10-26(56-41)40(6,51)18-43)8-12-38(27,4)39(24,5)15-22(33(36)37)53-35-32(30(49)29(48)23(16-42)54-35)55-34-31(50)28(47)21(45)17-52-34/h19-35,42-51H,8-18H2,1-7H3/t19?,20-,21-,22+,23-,24-,25+,26+,27?,28+,29-,30+,31-,32-,33?,34+,35-,37-,38-,39-,40?,41+/m1/s1. The monoisotopic (exact) mass is 802 g/mol. The maximum absolute atomic E-state index is 12.4. The van der Waals surface area contributed by atoms with Crippen LogP contribution in [0.25, 0.3) is 0 Å². The number of hydrogen-bond donors (Lipinski definition) is 10. The van der Waals surface area contributed by atoms with Crippen molar-refractivity contribution in [3.8, 4) is 0 Å². The highest BCUT2D eigenvalue weighted by molar-refractivity contribution is 5.22. The van der Waals surface area contributed by atoms with Crippen LogP contribution in [-0.2, 0) is 23.7 Å². The number of ether oxygens (including phenoxy) is 5. The average Bonchev–Trinajstić information content (AvgIpc) is 3.74. The second-order valence-electron chi connectivity index (χ2n) is 20.6. The average molecular weight is 803 g/mol. The second-order valence-corrected chi connectivity index (χ2v) is 20.6. The highest BCUT2D eigenvalue weighted by Gasteiger charge is 2.74. The van der Waals surface area contributed by atoms with E-state index in [1.165, 1.54) is 0 Å². The van der Waals surface area contributed by atoms with Gasteiger partial charge in [-0.05, 0) is 111 Å². The normalized spacial score (nSPS) is 56.8. The van der Waals surface area contributed by atoms with Crippen molar-refractivity contribution in [1.29, 1.82) is 0 Å². The first kappa shape index (κ1) is 43.5. The van der Waals surface area contributed by atoms with Crippen molar-refractivity contribution in [2.45, 2.75) is 191 Å². The number of aliphatic hydroxyl groups excluding tert-OH is 9. The molecule has 7 rings (SSSR count). The summed E-state index contributed by atoms with van der Waals surface area (Å²) < 4.78 is 31.5. The van der Waals surface area contributed by atoms with Gasteiger partial charge in [-0.1, -0.05) is 34.6 Å². The Morgan fingerprint density at radius 1 is 0.750 bits per heavy atom. The third-order valence-electron chi connectivity index (χ3n) is 17.2. The maximum atomic E-state index is 12.4. The quantitative estimate of drug-likeness (QED) is 0.145. The number of aliphatic hydroxyl groups is 10. The van der Waals surface area contributed by atoms with Crippen molar-refractivity contribution < 1.29 is 74.7 Å². The van der Waals surface area contributed by atoms with E-state index in [0.717, 1.165) is 12.8 Å². The van der Waals surface area contributed by atoms with E-state index in [4.69, 9.17) is 23.7 Å². The molecule has 0 bridgehead atoms. The van der Waals surface area contributed by atoms with Crippen LogP contribution in [0.3, 0.4) is 0 Å². The van der Waals surface area contributed by atoms with Gasteiger partial charge in [-0.3, -0.25) is 0 Å². The Balaban J connectivity index is 1.25. The van der Waals surface area contributed by atoms with Gasteiger partial charge in [0.1, 0.15) is 48.3 Å². The highest BCUT2D eigenvalue weighted by atomic mass is 16.8. The Hall–Kier alpha value is -0.600. The topological polar surface area (TPSA) is 248 Å². The summed E-state index contributed by atoms with van der Waals surface area (Å²) in [6, 6.07) is 0. The van der Waals surface area contributed by atoms with Crippen LogP contribution in [-0.4, -0.2) is 162 Å². The molecule has 3 saturated heterocycles. The smallest absolute Gasteiger partial charge is 0.187 e. The molecule has 7 aliphatic rings. The molecule has 22 atom stereocenters. The van der Waals surface area contributed by atoms with Gasteiger partial charge in [0, 0.05) is 0 Å². The SMILES string of the molecule is CC(O)(CO)[C@@H]1CC[C@@](C)(C2CC[C@]3(C)C2[C@H](O)C[C@@H]2[C@@]4(C)CC[C@H](O)C(C)(C)C4[C@@H](O[C@@H]4O[C@H](CO)[C@@H](O)[C@H](O)[C@H]4O[C@@H]4OC[C@@H](O)[C@H](O)[C@H]4O)C[C@]23C)O1. The van der Waals surface area contributed by atoms with Gasteiger partial charge in [-0.15, -0.1) is 0 Å². The van der Waals surface area contributed by atoms with Crippen LogP contribution in [0.1, 0.15) is 99.8 Å². The highest BCUT2D eigenvalue weighted by Crippen LogP contribution is 2.76. The van der Waals surface area contributed by atoms with E-state index in [2.05, 4.69) is 27.7 Å². The van der Waals surface area contributed by atoms with E-state index < -0.39 is 126 Å². The van der Waals surface area contributed by atoms with E-state index in [0.29, 0.717) is 38.5 Å². The molecule has 4 aliphatic carbocycles. The number of rotatable bonds is 8. The van der Waals surface area contributed by atoms with Gasteiger partial charge in [0.15, 0.2) is 12.6 Å². The molecule has 7 fully saturated rings. The molecule has 3 aliphatic heterocycles. The van der Waals surface area contributed by atoms with E-state index in [1.54, 1.807) is 6.92 Å². The molecule has 15 heteroatoms. The number of fused-ring (bicyclic) bond motifs is 5. The molecule has 0 aromatic rings. The van der Waals surface area contributed by atoms with E-state index in [-0.39, 0.29) is 30.3 Å². The van der Waals surface area contributed by atoms with Crippen molar-refractivity contribution in [2.75, 3.05) is 19.8 Å².